The van der Waals surface area contributed by atoms with Crippen molar-refractivity contribution in [2.75, 3.05) is 57.5 Å². The summed E-state index contributed by atoms with van der Waals surface area (Å²) in [6, 6.07) is 5.33. The van der Waals surface area contributed by atoms with Crippen LogP contribution in [0.3, 0.4) is 0 Å². The van der Waals surface area contributed by atoms with Crippen LogP contribution in [0.4, 0.5) is 24.8 Å². The Morgan fingerprint density at radius 1 is 1.10 bits per heavy atom. The highest BCUT2D eigenvalue weighted by Gasteiger charge is 2.34. The first-order valence-corrected chi connectivity index (χ1v) is 12.2. The van der Waals surface area contributed by atoms with E-state index >= 15 is 0 Å². The summed E-state index contributed by atoms with van der Waals surface area (Å²) in [5.74, 6) is 5.20. The Kier molecular flexibility index (Phi) is 9.08. The summed E-state index contributed by atoms with van der Waals surface area (Å²) < 4.78 is 47.1. The second-order valence-corrected chi connectivity index (χ2v) is 9.06. The van der Waals surface area contributed by atoms with Gasteiger partial charge in [-0.15, -0.1) is 0 Å². The molecule has 0 spiro atoms. The number of ether oxygens (including phenoxy) is 1. The van der Waals surface area contributed by atoms with Gasteiger partial charge in [0.05, 0.1) is 29.9 Å². The van der Waals surface area contributed by atoms with Gasteiger partial charge in [-0.3, -0.25) is 14.7 Å². The number of nitrogens with zero attached hydrogens (tertiary/aromatic N) is 5. The minimum Gasteiger partial charge on any atom is -0.379 e. The molecule has 3 heterocycles. The number of likely N-dealkylation sites (N-methyl/N-ethyl adjacent to an activating group) is 1. The lowest BCUT2D eigenvalue weighted by atomic mass is 10.0. The van der Waals surface area contributed by atoms with E-state index in [9.17, 15) is 18.0 Å². The van der Waals surface area contributed by atoms with Crippen LogP contribution in [0.2, 0.25) is 0 Å². The molecule has 1 fully saturated rings. The number of aromatic nitrogens is 3. The molecule has 204 valence electrons. The third-order valence-corrected chi connectivity index (χ3v) is 6.04. The molecule has 1 saturated heterocycles. The number of alkyl halides is 3. The maximum Gasteiger partial charge on any atom is 0.416 e. The smallest absolute Gasteiger partial charge is 0.379 e. The van der Waals surface area contributed by atoms with Crippen molar-refractivity contribution in [1.29, 1.82) is 0 Å². The molecule has 1 aliphatic rings. The molecule has 1 aromatic carbocycles. The van der Waals surface area contributed by atoms with E-state index in [1.807, 2.05) is 4.90 Å². The molecule has 1 aliphatic heterocycles. The number of carbonyl (C=O) groups excluding carboxylic acids is 1. The highest BCUT2D eigenvalue weighted by molar-refractivity contribution is 6.04. The first kappa shape index (κ1) is 28.0. The van der Waals surface area contributed by atoms with Crippen molar-refractivity contribution >= 4 is 17.5 Å². The van der Waals surface area contributed by atoms with Crippen LogP contribution in [0.1, 0.15) is 32.6 Å². The number of benzene rings is 1. The van der Waals surface area contributed by atoms with Crippen LogP contribution < -0.4 is 11.1 Å². The summed E-state index contributed by atoms with van der Waals surface area (Å²) in [6.07, 6.45) is 1.12. The van der Waals surface area contributed by atoms with Crippen LogP contribution >= 0.6 is 0 Å². The first-order chi connectivity index (χ1) is 18.7. The number of nitrogen functional groups attached to an aromatic ring is 1. The lowest BCUT2D eigenvalue weighted by Gasteiger charge is -2.29. The zero-order valence-electron chi connectivity index (χ0n) is 21.3. The van der Waals surface area contributed by atoms with Crippen LogP contribution in [0.15, 0.2) is 49.1 Å². The van der Waals surface area contributed by atoms with Gasteiger partial charge in [0, 0.05) is 68.8 Å². The topological polar surface area (TPSA) is 110 Å². The van der Waals surface area contributed by atoms with E-state index in [2.05, 4.69) is 37.0 Å². The van der Waals surface area contributed by atoms with Gasteiger partial charge in [-0.1, -0.05) is 17.9 Å². The molecule has 9 nitrogen and oxygen atoms in total. The fourth-order valence-electron chi connectivity index (χ4n) is 3.95. The Labute approximate surface area is 224 Å². The van der Waals surface area contributed by atoms with Crippen molar-refractivity contribution in [1.82, 2.24) is 24.8 Å². The Balaban J connectivity index is 1.43. The summed E-state index contributed by atoms with van der Waals surface area (Å²) in [5, 5.41) is 2.53. The summed E-state index contributed by atoms with van der Waals surface area (Å²) >= 11 is 0. The summed E-state index contributed by atoms with van der Waals surface area (Å²) in [6.45, 7) is 4.46. The Morgan fingerprint density at radius 2 is 1.82 bits per heavy atom. The minimum absolute atomic E-state index is 0.0301. The number of rotatable bonds is 7. The predicted octanol–water partition coefficient (Wildman–Crippen LogP) is 2.89. The number of nitrogens with one attached hydrogen (secondary N) is 1. The largest absolute Gasteiger partial charge is 0.416 e. The summed E-state index contributed by atoms with van der Waals surface area (Å²) in [4.78, 5) is 28.6. The lowest BCUT2D eigenvalue weighted by molar-refractivity contribution is -0.138. The van der Waals surface area contributed by atoms with E-state index in [-0.39, 0.29) is 29.3 Å². The quantitative estimate of drug-likeness (QED) is 0.442. The van der Waals surface area contributed by atoms with Gasteiger partial charge in [0.15, 0.2) is 0 Å². The molecule has 4 rings (SSSR count). The fourth-order valence-corrected chi connectivity index (χ4v) is 3.95. The zero-order valence-corrected chi connectivity index (χ0v) is 21.3. The van der Waals surface area contributed by atoms with Crippen LogP contribution in [0.25, 0.3) is 0 Å². The van der Waals surface area contributed by atoms with Gasteiger partial charge in [0.1, 0.15) is 0 Å². The third kappa shape index (κ3) is 8.22. The molecule has 0 radical (unpaired) electrons. The Hall–Kier alpha value is -4.05. The first-order valence-electron chi connectivity index (χ1n) is 12.2. The molecule has 12 heteroatoms. The Bertz CT molecular complexity index is 1350. The van der Waals surface area contributed by atoms with E-state index in [1.54, 1.807) is 7.05 Å². The van der Waals surface area contributed by atoms with Gasteiger partial charge in [-0.25, -0.2) is 9.97 Å². The van der Waals surface area contributed by atoms with E-state index in [1.165, 1.54) is 43.0 Å². The molecule has 39 heavy (non-hydrogen) atoms. The molecule has 3 aromatic rings. The minimum atomic E-state index is -4.58. The van der Waals surface area contributed by atoms with Gasteiger partial charge in [-0.2, -0.15) is 13.2 Å². The summed E-state index contributed by atoms with van der Waals surface area (Å²) in [5.41, 5.74) is 5.94. The van der Waals surface area contributed by atoms with Crippen LogP contribution in [0.5, 0.6) is 0 Å². The molecule has 0 saturated carbocycles. The van der Waals surface area contributed by atoms with Crippen molar-refractivity contribution in [3.05, 3.63) is 76.9 Å². The van der Waals surface area contributed by atoms with Crippen molar-refractivity contribution in [3.63, 3.8) is 0 Å². The second-order valence-electron chi connectivity index (χ2n) is 9.06. The van der Waals surface area contributed by atoms with Gasteiger partial charge >= 0.3 is 6.18 Å². The van der Waals surface area contributed by atoms with E-state index in [0.717, 1.165) is 25.7 Å². The molecule has 3 N–H and O–H groups in total. The van der Waals surface area contributed by atoms with Crippen molar-refractivity contribution < 1.29 is 22.7 Å². The molecular formula is C27H28F3N7O2. The maximum absolute atomic E-state index is 13.9. The number of pyridine rings is 1. The number of hydrogen-bond acceptors (Lipinski definition) is 8. The fraction of sp³-hybridized carbons (Fsp3) is 0.333. The van der Waals surface area contributed by atoms with E-state index in [4.69, 9.17) is 10.5 Å². The number of morpholine rings is 1. The number of nitrogens with two attached hydrogens (primary N) is 1. The SMILES string of the molecule is CN(CCN1CCOCC1)Cc1ccc(NC(=O)c2cncc(C#Cc3cnc(N)nc3)c2)cc1C(F)(F)F. The van der Waals surface area contributed by atoms with Gasteiger partial charge in [0.2, 0.25) is 5.95 Å². The molecule has 2 aromatic heterocycles. The number of hydrogen-bond donors (Lipinski definition) is 2. The summed E-state index contributed by atoms with van der Waals surface area (Å²) in [7, 11) is 1.79. The molecular weight excluding hydrogens is 511 g/mol. The maximum atomic E-state index is 13.9. The van der Waals surface area contributed by atoms with E-state index < -0.39 is 17.6 Å². The standard InChI is InChI=1S/C27H28F3N7O2/c1-36(6-7-37-8-10-39-11-9-37)18-21-4-5-23(13-24(21)27(28,29)30)35-25(38)22-12-19(14-32-17-22)2-3-20-15-33-26(31)34-16-20/h4-5,12-17H,6-11,18H2,1H3,(H,35,38)(H2,31,33,34). The lowest BCUT2D eigenvalue weighted by Crippen LogP contribution is -2.40. The second kappa shape index (κ2) is 12.7. The average Bonchev–Trinajstić information content (AvgIpc) is 2.92. The number of anilines is 2. The van der Waals surface area contributed by atoms with Crippen molar-refractivity contribution in [3.8, 4) is 11.8 Å². The normalized spacial score (nSPS) is 14.1. The highest BCUT2D eigenvalue weighted by Crippen LogP contribution is 2.34. The van der Waals surface area contributed by atoms with Gasteiger partial charge in [0.25, 0.3) is 5.91 Å². The molecule has 0 unspecified atom stereocenters. The van der Waals surface area contributed by atoms with Crippen LogP contribution in [-0.2, 0) is 17.5 Å². The average molecular weight is 540 g/mol. The predicted molar refractivity (Wildman–Crippen MR) is 140 cm³/mol. The molecule has 0 atom stereocenters. The van der Waals surface area contributed by atoms with E-state index in [0.29, 0.717) is 30.9 Å². The third-order valence-electron chi connectivity index (χ3n) is 6.04. The van der Waals surface area contributed by atoms with Crippen LogP contribution in [-0.4, -0.2) is 77.1 Å². The number of halogens is 3. The molecule has 1 amide bonds. The molecule has 0 bridgehead atoms. The van der Waals surface area contributed by atoms with Crippen molar-refractivity contribution in [2.45, 2.75) is 12.7 Å². The number of amides is 1. The monoisotopic (exact) mass is 539 g/mol. The van der Waals surface area contributed by atoms with Gasteiger partial charge in [-0.05, 0) is 30.8 Å². The van der Waals surface area contributed by atoms with Crippen molar-refractivity contribution in [2.24, 2.45) is 0 Å². The number of carbonyl (C=O) groups is 1. The molecule has 0 aliphatic carbocycles. The van der Waals surface area contributed by atoms with Gasteiger partial charge < -0.3 is 20.7 Å². The Morgan fingerprint density at radius 3 is 2.54 bits per heavy atom. The van der Waals surface area contributed by atoms with Crippen LogP contribution in [0, 0.1) is 11.8 Å². The zero-order chi connectivity index (χ0) is 27.8. The highest BCUT2D eigenvalue weighted by atomic mass is 19.4.